The van der Waals surface area contributed by atoms with Crippen molar-refractivity contribution in [2.24, 2.45) is 5.73 Å². The molecule has 30 heavy (non-hydrogen) atoms. The molecule has 2 aromatic heterocycles. The number of carbonyl (C=O) groups is 1. The summed E-state index contributed by atoms with van der Waals surface area (Å²) in [5, 5.41) is 0.651. The van der Waals surface area contributed by atoms with Gasteiger partial charge in [-0.2, -0.15) is 0 Å². The minimum Gasteiger partial charge on any atom is -0.366 e. The number of pyridine rings is 1. The Labute approximate surface area is 173 Å². The summed E-state index contributed by atoms with van der Waals surface area (Å²) in [5.74, 6) is -0.565. The van der Waals surface area contributed by atoms with Crippen LogP contribution >= 0.6 is 0 Å². The molecule has 0 aliphatic rings. The number of rotatable bonds is 6. The van der Waals surface area contributed by atoms with Crippen LogP contribution in [-0.2, 0) is 14.8 Å². The SMILES string of the molecule is NC(=O)C(=Cc1c[nH]c2ncc(NS(=O)(=O)c3ccccc3)cc12)c1ccccc1. The molecule has 4 rings (SSSR count). The van der Waals surface area contributed by atoms with Crippen molar-refractivity contribution in [1.82, 2.24) is 9.97 Å². The minimum atomic E-state index is -3.75. The Bertz CT molecular complexity index is 1350. The first kappa shape index (κ1) is 19.4. The summed E-state index contributed by atoms with van der Waals surface area (Å²) < 4.78 is 27.7. The largest absolute Gasteiger partial charge is 0.366 e. The number of aromatic nitrogens is 2. The summed E-state index contributed by atoms with van der Waals surface area (Å²) >= 11 is 0. The molecule has 0 spiro atoms. The summed E-state index contributed by atoms with van der Waals surface area (Å²) in [6.45, 7) is 0. The van der Waals surface area contributed by atoms with Crippen LogP contribution in [0.4, 0.5) is 5.69 Å². The van der Waals surface area contributed by atoms with Gasteiger partial charge in [-0.05, 0) is 29.8 Å². The molecule has 0 bridgehead atoms. The van der Waals surface area contributed by atoms with Gasteiger partial charge in [-0.3, -0.25) is 9.52 Å². The molecule has 0 aliphatic carbocycles. The fourth-order valence-corrected chi connectivity index (χ4v) is 4.14. The molecule has 0 atom stereocenters. The van der Waals surface area contributed by atoms with Crippen molar-refractivity contribution >= 4 is 44.3 Å². The summed E-state index contributed by atoms with van der Waals surface area (Å²) in [6, 6.07) is 18.8. The molecule has 0 radical (unpaired) electrons. The predicted molar refractivity (Wildman–Crippen MR) is 117 cm³/mol. The summed E-state index contributed by atoms with van der Waals surface area (Å²) in [4.78, 5) is 19.5. The molecule has 1 amide bonds. The zero-order chi connectivity index (χ0) is 21.1. The van der Waals surface area contributed by atoms with Crippen LogP contribution in [0.2, 0.25) is 0 Å². The van der Waals surface area contributed by atoms with Gasteiger partial charge in [-0.1, -0.05) is 48.5 Å². The van der Waals surface area contributed by atoms with E-state index in [2.05, 4.69) is 14.7 Å². The highest BCUT2D eigenvalue weighted by Crippen LogP contribution is 2.26. The fraction of sp³-hybridized carbons (Fsp3) is 0. The van der Waals surface area contributed by atoms with E-state index in [9.17, 15) is 13.2 Å². The van der Waals surface area contributed by atoms with Crippen LogP contribution in [0.5, 0.6) is 0 Å². The first-order valence-electron chi connectivity index (χ1n) is 9.06. The van der Waals surface area contributed by atoms with E-state index in [0.717, 1.165) is 0 Å². The van der Waals surface area contributed by atoms with Crippen molar-refractivity contribution in [2.75, 3.05) is 4.72 Å². The first-order chi connectivity index (χ1) is 14.4. The minimum absolute atomic E-state index is 0.152. The van der Waals surface area contributed by atoms with Crippen molar-refractivity contribution in [2.45, 2.75) is 4.90 Å². The van der Waals surface area contributed by atoms with Crippen LogP contribution in [0.1, 0.15) is 11.1 Å². The second kappa shape index (κ2) is 7.84. The number of hydrogen-bond donors (Lipinski definition) is 3. The second-order valence-corrected chi connectivity index (χ2v) is 8.25. The topological polar surface area (TPSA) is 118 Å². The summed E-state index contributed by atoms with van der Waals surface area (Å²) in [5.41, 5.74) is 8.14. The Morgan fingerprint density at radius 2 is 1.70 bits per heavy atom. The van der Waals surface area contributed by atoms with E-state index >= 15 is 0 Å². The molecular formula is C22H18N4O3S. The van der Waals surface area contributed by atoms with Gasteiger partial charge >= 0.3 is 0 Å². The van der Waals surface area contributed by atoms with Crippen molar-refractivity contribution in [3.8, 4) is 0 Å². The summed E-state index contributed by atoms with van der Waals surface area (Å²) in [7, 11) is -3.75. The number of nitrogens with one attached hydrogen (secondary N) is 2. The monoisotopic (exact) mass is 418 g/mol. The lowest BCUT2D eigenvalue weighted by molar-refractivity contribution is -0.112. The highest BCUT2D eigenvalue weighted by molar-refractivity contribution is 7.92. The standard InChI is InChI=1S/C22H18N4O3S/c23-21(27)19(15-7-3-1-4-8-15)11-16-13-24-22-20(16)12-17(14-25-22)26-30(28,29)18-9-5-2-6-10-18/h1-14,26H,(H2,23,27)(H,24,25). The highest BCUT2D eigenvalue weighted by Gasteiger charge is 2.15. The zero-order valence-electron chi connectivity index (χ0n) is 15.7. The number of hydrogen-bond acceptors (Lipinski definition) is 4. The highest BCUT2D eigenvalue weighted by atomic mass is 32.2. The van der Waals surface area contributed by atoms with Gasteiger partial charge in [0.25, 0.3) is 10.0 Å². The van der Waals surface area contributed by atoms with Crippen LogP contribution < -0.4 is 10.5 Å². The van der Waals surface area contributed by atoms with Gasteiger partial charge in [-0.25, -0.2) is 13.4 Å². The van der Waals surface area contributed by atoms with E-state index in [0.29, 0.717) is 33.4 Å². The maximum absolute atomic E-state index is 12.6. The quantitative estimate of drug-likeness (QED) is 0.416. The first-order valence-corrected chi connectivity index (χ1v) is 10.5. The van der Waals surface area contributed by atoms with Gasteiger partial charge < -0.3 is 10.7 Å². The second-order valence-electron chi connectivity index (χ2n) is 6.57. The molecule has 7 nitrogen and oxygen atoms in total. The van der Waals surface area contributed by atoms with Crippen molar-refractivity contribution in [1.29, 1.82) is 0 Å². The van der Waals surface area contributed by atoms with E-state index in [4.69, 9.17) is 5.73 Å². The number of carbonyl (C=O) groups excluding carboxylic acids is 1. The van der Waals surface area contributed by atoms with Gasteiger partial charge in [0.2, 0.25) is 5.91 Å². The van der Waals surface area contributed by atoms with Gasteiger partial charge in [0, 0.05) is 22.7 Å². The van der Waals surface area contributed by atoms with Crippen molar-refractivity contribution < 1.29 is 13.2 Å². The van der Waals surface area contributed by atoms with Crippen molar-refractivity contribution in [3.63, 3.8) is 0 Å². The van der Waals surface area contributed by atoms with Gasteiger partial charge in [0.1, 0.15) is 5.65 Å². The normalized spacial score (nSPS) is 12.1. The average Bonchev–Trinajstić information content (AvgIpc) is 3.15. The number of fused-ring (bicyclic) bond motifs is 1. The number of amides is 1. The van der Waals surface area contributed by atoms with E-state index < -0.39 is 15.9 Å². The predicted octanol–water partition coefficient (Wildman–Crippen LogP) is 3.39. The number of aromatic amines is 1. The molecule has 8 heteroatoms. The molecule has 2 heterocycles. The van der Waals surface area contributed by atoms with Crippen LogP contribution in [0.25, 0.3) is 22.7 Å². The number of H-pyrrole nitrogens is 1. The lowest BCUT2D eigenvalue weighted by Crippen LogP contribution is -2.13. The molecule has 4 aromatic rings. The Morgan fingerprint density at radius 3 is 2.37 bits per heavy atom. The third-order valence-corrected chi connectivity index (χ3v) is 5.92. The number of sulfonamides is 1. The maximum atomic E-state index is 12.6. The smallest absolute Gasteiger partial charge is 0.261 e. The van der Waals surface area contributed by atoms with E-state index in [1.54, 1.807) is 48.7 Å². The van der Waals surface area contributed by atoms with Crippen LogP contribution in [0.15, 0.2) is 84.0 Å². The van der Waals surface area contributed by atoms with Gasteiger partial charge in [0.05, 0.1) is 16.8 Å². The van der Waals surface area contributed by atoms with E-state index in [-0.39, 0.29) is 4.90 Å². The lowest BCUT2D eigenvalue weighted by Gasteiger charge is -2.08. The molecule has 150 valence electrons. The third kappa shape index (κ3) is 3.94. The van der Waals surface area contributed by atoms with Crippen LogP contribution in [0, 0.1) is 0 Å². The molecule has 2 aromatic carbocycles. The number of primary amides is 1. The van der Waals surface area contributed by atoms with Crippen LogP contribution in [-0.4, -0.2) is 24.3 Å². The third-order valence-electron chi connectivity index (χ3n) is 4.52. The zero-order valence-corrected chi connectivity index (χ0v) is 16.6. The Morgan fingerprint density at radius 1 is 1.03 bits per heavy atom. The number of nitrogens with zero attached hydrogens (tertiary/aromatic N) is 1. The Hall–Kier alpha value is -3.91. The molecule has 0 aliphatic heterocycles. The molecule has 0 saturated heterocycles. The average molecular weight is 418 g/mol. The summed E-state index contributed by atoms with van der Waals surface area (Å²) in [6.07, 6.45) is 4.78. The van der Waals surface area contributed by atoms with Crippen LogP contribution in [0.3, 0.4) is 0 Å². The molecule has 0 unspecified atom stereocenters. The number of nitrogens with two attached hydrogens (primary N) is 1. The Kier molecular flexibility index (Phi) is 5.07. The fourth-order valence-electron chi connectivity index (χ4n) is 3.08. The molecular weight excluding hydrogens is 400 g/mol. The van der Waals surface area contributed by atoms with Gasteiger partial charge in [-0.15, -0.1) is 0 Å². The lowest BCUT2D eigenvalue weighted by atomic mass is 10.0. The van der Waals surface area contributed by atoms with E-state index in [1.807, 2.05) is 18.2 Å². The maximum Gasteiger partial charge on any atom is 0.261 e. The van der Waals surface area contributed by atoms with Gasteiger partial charge in [0.15, 0.2) is 0 Å². The molecule has 0 saturated carbocycles. The number of benzene rings is 2. The number of anilines is 1. The molecule has 0 fully saturated rings. The van der Waals surface area contributed by atoms with Crippen molar-refractivity contribution in [3.05, 3.63) is 90.3 Å². The molecule has 4 N–H and O–H groups in total. The van der Waals surface area contributed by atoms with E-state index in [1.165, 1.54) is 18.3 Å². The Balaban J connectivity index is 1.74.